The van der Waals surface area contributed by atoms with E-state index in [0.717, 1.165) is 63.7 Å². The van der Waals surface area contributed by atoms with Gasteiger partial charge >= 0.3 is 17.9 Å². The fraction of sp³-hybridized carbons (Fsp3) is 0.939. The molecule has 6 nitrogen and oxygen atoms in total. The normalized spacial score (nSPS) is 11.9. The maximum atomic E-state index is 12.7. The molecule has 0 aromatic rings. The molecule has 0 aliphatic heterocycles. The molecule has 1 atom stereocenters. The van der Waals surface area contributed by atoms with Crippen molar-refractivity contribution in [1.82, 2.24) is 0 Å². The van der Waals surface area contributed by atoms with Crippen LogP contribution in [0, 0.1) is 5.92 Å². The van der Waals surface area contributed by atoms with Crippen LogP contribution in [0.5, 0.6) is 0 Å². The van der Waals surface area contributed by atoms with Gasteiger partial charge in [-0.3, -0.25) is 14.4 Å². The first-order valence-corrected chi connectivity index (χ1v) is 24.4. The van der Waals surface area contributed by atoms with E-state index in [2.05, 4.69) is 27.7 Å². The highest BCUT2D eigenvalue weighted by Gasteiger charge is 2.19. The maximum absolute atomic E-state index is 12.7. The fourth-order valence-corrected chi connectivity index (χ4v) is 7.33. The summed E-state index contributed by atoms with van der Waals surface area (Å²) < 4.78 is 16.7. The van der Waals surface area contributed by atoms with Gasteiger partial charge in [0, 0.05) is 19.3 Å². The van der Waals surface area contributed by atoms with Crippen LogP contribution in [-0.2, 0) is 28.6 Å². The van der Waals surface area contributed by atoms with Gasteiger partial charge in [0.15, 0.2) is 6.10 Å². The van der Waals surface area contributed by atoms with Crippen LogP contribution in [0.1, 0.15) is 272 Å². The Labute approximate surface area is 342 Å². The number of unbranched alkanes of at least 4 members (excludes halogenated alkanes) is 31. The first-order valence-electron chi connectivity index (χ1n) is 24.4. The fourth-order valence-electron chi connectivity index (χ4n) is 7.33. The van der Waals surface area contributed by atoms with Crippen molar-refractivity contribution in [2.45, 2.75) is 278 Å². The molecule has 0 aromatic carbocycles. The van der Waals surface area contributed by atoms with E-state index >= 15 is 0 Å². The molecule has 0 saturated heterocycles. The molecule has 0 saturated carbocycles. The molecule has 0 heterocycles. The zero-order valence-corrected chi connectivity index (χ0v) is 37.4. The molecule has 0 unspecified atom stereocenters. The predicted octanol–water partition coefficient (Wildman–Crippen LogP) is 15.5. The third-order valence-corrected chi connectivity index (χ3v) is 11.0. The van der Waals surface area contributed by atoms with Gasteiger partial charge in [0.25, 0.3) is 0 Å². The van der Waals surface area contributed by atoms with Crippen molar-refractivity contribution in [3.8, 4) is 0 Å². The van der Waals surface area contributed by atoms with E-state index in [-0.39, 0.29) is 31.1 Å². The Hall–Kier alpha value is -1.59. The Morgan fingerprint density at radius 3 is 0.891 bits per heavy atom. The number of esters is 3. The Bertz CT molecular complexity index is 826. The van der Waals surface area contributed by atoms with Crippen LogP contribution in [0.4, 0.5) is 0 Å². The first-order chi connectivity index (χ1) is 26.9. The second-order valence-corrected chi connectivity index (χ2v) is 17.2. The van der Waals surface area contributed by atoms with E-state index in [1.165, 1.54) is 167 Å². The van der Waals surface area contributed by atoms with Gasteiger partial charge in [-0.25, -0.2) is 0 Å². The van der Waals surface area contributed by atoms with Gasteiger partial charge in [-0.2, -0.15) is 0 Å². The van der Waals surface area contributed by atoms with Gasteiger partial charge in [0.05, 0.1) is 0 Å². The SMILES string of the molecule is CCCCCCCCCCCCCCCCCCC(=O)O[C@H](COC(=O)CCCCCCCCCCCCCC)COC(=O)CCCCCCCCC(C)C. The molecule has 0 fully saturated rings. The molecule has 0 aliphatic carbocycles. The van der Waals surface area contributed by atoms with Gasteiger partial charge in [-0.1, -0.05) is 233 Å². The number of rotatable bonds is 44. The number of hydrogen-bond acceptors (Lipinski definition) is 6. The van der Waals surface area contributed by atoms with E-state index in [1.807, 2.05) is 0 Å². The van der Waals surface area contributed by atoms with E-state index in [1.54, 1.807) is 0 Å². The molecule has 55 heavy (non-hydrogen) atoms. The summed E-state index contributed by atoms with van der Waals surface area (Å²) >= 11 is 0. The van der Waals surface area contributed by atoms with Crippen molar-refractivity contribution in [2.24, 2.45) is 5.92 Å². The molecular formula is C49H94O6. The van der Waals surface area contributed by atoms with E-state index in [0.29, 0.717) is 19.3 Å². The number of hydrogen-bond donors (Lipinski definition) is 0. The Kier molecular flexibility index (Phi) is 42.3. The lowest BCUT2D eigenvalue weighted by molar-refractivity contribution is -0.167. The monoisotopic (exact) mass is 779 g/mol. The van der Waals surface area contributed by atoms with Gasteiger partial charge in [-0.05, 0) is 25.2 Å². The number of carbonyl (C=O) groups is 3. The average Bonchev–Trinajstić information content (AvgIpc) is 3.17. The molecule has 0 aromatic heterocycles. The lowest BCUT2D eigenvalue weighted by Crippen LogP contribution is -2.30. The summed E-state index contributed by atoms with van der Waals surface area (Å²) in [5, 5.41) is 0. The summed E-state index contributed by atoms with van der Waals surface area (Å²) in [6, 6.07) is 0. The molecule has 326 valence electrons. The highest BCUT2D eigenvalue weighted by molar-refractivity contribution is 5.71. The molecular weight excluding hydrogens is 685 g/mol. The summed E-state index contributed by atoms with van der Waals surface area (Å²) in [6.45, 7) is 8.94. The zero-order chi connectivity index (χ0) is 40.3. The number of ether oxygens (including phenoxy) is 3. The van der Waals surface area contributed by atoms with Crippen molar-refractivity contribution in [2.75, 3.05) is 13.2 Å². The highest BCUT2D eigenvalue weighted by atomic mass is 16.6. The summed E-state index contributed by atoms with van der Waals surface area (Å²) in [5.41, 5.74) is 0. The molecule has 0 aliphatic rings. The van der Waals surface area contributed by atoms with Gasteiger partial charge in [0.2, 0.25) is 0 Å². The Balaban J connectivity index is 4.28. The maximum Gasteiger partial charge on any atom is 0.306 e. The lowest BCUT2D eigenvalue weighted by atomic mass is 10.0. The van der Waals surface area contributed by atoms with E-state index in [4.69, 9.17) is 14.2 Å². The highest BCUT2D eigenvalue weighted by Crippen LogP contribution is 2.16. The van der Waals surface area contributed by atoms with Crippen molar-refractivity contribution >= 4 is 17.9 Å². The average molecular weight is 779 g/mol. The Morgan fingerprint density at radius 2 is 0.600 bits per heavy atom. The standard InChI is InChI=1S/C49H94O6/c1-5-7-9-11-13-15-17-19-20-21-22-24-26-28-34-38-42-49(52)55-46(44-54-48(51)41-37-33-30-29-31-35-39-45(3)4)43-53-47(50)40-36-32-27-25-23-18-16-14-12-10-8-6-2/h45-46H,5-44H2,1-4H3/t46-/m1/s1. The van der Waals surface area contributed by atoms with Crippen molar-refractivity contribution in [1.29, 1.82) is 0 Å². The van der Waals surface area contributed by atoms with Gasteiger partial charge in [0.1, 0.15) is 13.2 Å². The van der Waals surface area contributed by atoms with Crippen LogP contribution in [-0.4, -0.2) is 37.2 Å². The third-order valence-electron chi connectivity index (χ3n) is 11.0. The third kappa shape index (κ3) is 43.4. The minimum Gasteiger partial charge on any atom is -0.462 e. The quantitative estimate of drug-likeness (QED) is 0.0348. The molecule has 0 amide bonds. The van der Waals surface area contributed by atoms with Crippen LogP contribution in [0.2, 0.25) is 0 Å². The zero-order valence-electron chi connectivity index (χ0n) is 37.4. The van der Waals surface area contributed by atoms with Crippen LogP contribution in [0.3, 0.4) is 0 Å². The summed E-state index contributed by atoms with van der Waals surface area (Å²) in [4.78, 5) is 37.8. The van der Waals surface area contributed by atoms with Crippen molar-refractivity contribution < 1.29 is 28.6 Å². The molecule has 0 rings (SSSR count). The summed E-state index contributed by atoms with van der Waals surface area (Å²) in [5.74, 6) is -0.0904. The molecule has 0 N–H and O–H groups in total. The molecule has 0 spiro atoms. The topological polar surface area (TPSA) is 78.9 Å². The molecule has 0 radical (unpaired) electrons. The predicted molar refractivity (Wildman–Crippen MR) is 233 cm³/mol. The first kappa shape index (κ1) is 53.4. The van der Waals surface area contributed by atoms with Crippen LogP contribution in [0.25, 0.3) is 0 Å². The second kappa shape index (κ2) is 43.5. The van der Waals surface area contributed by atoms with Gasteiger partial charge < -0.3 is 14.2 Å². The molecule has 6 heteroatoms. The smallest absolute Gasteiger partial charge is 0.306 e. The largest absolute Gasteiger partial charge is 0.462 e. The minimum atomic E-state index is -0.760. The Morgan fingerprint density at radius 1 is 0.345 bits per heavy atom. The van der Waals surface area contributed by atoms with E-state index in [9.17, 15) is 14.4 Å². The van der Waals surface area contributed by atoms with Crippen molar-refractivity contribution in [3.05, 3.63) is 0 Å². The second-order valence-electron chi connectivity index (χ2n) is 17.2. The van der Waals surface area contributed by atoms with Crippen molar-refractivity contribution in [3.63, 3.8) is 0 Å². The van der Waals surface area contributed by atoms with E-state index < -0.39 is 6.10 Å². The molecule has 0 bridgehead atoms. The van der Waals surface area contributed by atoms with Crippen LogP contribution >= 0.6 is 0 Å². The van der Waals surface area contributed by atoms with Crippen LogP contribution in [0.15, 0.2) is 0 Å². The van der Waals surface area contributed by atoms with Crippen LogP contribution < -0.4 is 0 Å². The lowest BCUT2D eigenvalue weighted by Gasteiger charge is -2.18. The van der Waals surface area contributed by atoms with Gasteiger partial charge in [-0.15, -0.1) is 0 Å². The number of carbonyl (C=O) groups excluding carboxylic acids is 3. The summed E-state index contributed by atoms with van der Waals surface area (Å²) in [6.07, 6.45) is 43.8. The minimum absolute atomic E-state index is 0.0640. The summed E-state index contributed by atoms with van der Waals surface area (Å²) in [7, 11) is 0.